The lowest BCUT2D eigenvalue weighted by Crippen LogP contribution is -2.36. The molecular weight excluding hydrogens is 262 g/mol. The summed E-state index contributed by atoms with van der Waals surface area (Å²) >= 11 is 0. The van der Waals surface area contributed by atoms with Gasteiger partial charge in [-0.15, -0.1) is 0 Å². The summed E-state index contributed by atoms with van der Waals surface area (Å²) in [6.45, 7) is 8.46. The van der Waals surface area contributed by atoms with Crippen molar-refractivity contribution in [2.24, 2.45) is 5.92 Å². The van der Waals surface area contributed by atoms with E-state index in [1.165, 1.54) is 12.8 Å². The first-order valence-electron chi connectivity index (χ1n) is 8.03. The Morgan fingerprint density at radius 3 is 2.43 bits per heavy atom. The Morgan fingerprint density at radius 1 is 1.24 bits per heavy atom. The van der Waals surface area contributed by atoms with E-state index in [0.29, 0.717) is 17.9 Å². The summed E-state index contributed by atoms with van der Waals surface area (Å²) in [5.41, 5.74) is 0. The van der Waals surface area contributed by atoms with Gasteiger partial charge in [0.15, 0.2) is 0 Å². The van der Waals surface area contributed by atoms with Crippen LogP contribution in [0, 0.1) is 5.92 Å². The Bertz CT molecular complexity index is 454. The molecule has 1 saturated carbocycles. The molecule has 118 valence electrons. The van der Waals surface area contributed by atoms with Gasteiger partial charge < -0.3 is 15.5 Å². The second-order valence-corrected chi connectivity index (χ2v) is 6.56. The molecule has 0 spiro atoms. The Balaban J connectivity index is 2.16. The summed E-state index contributed by atoms with van der Waals surface area (Å²) in [6.07, 6.45) is 2.45. The molecule has 1 aromatic heterocycles. The van der Waals surface area contributed by atoms with Gasteiger partial charge in [0.1, 0.15) is 17.5 Å². The molecule has 0 saturated heterocycles. The van der Waals surface area contributed by atoms with Crippen LogP contribution >= 0.6 is 0 Å². The fourth-order valence-corrected chi connectivity index (χ4v) is 2.34. The maximum absolute atomic E-state index is 4.73. The maximum atomic E-state index is 4.73. The van der Waals surface area contributed by atoms with Gasteiger partial charge in [0.05, 0.1) is 0 Å². The molecule has 5 nitrogen and oxygen atoms in total. The molecule has 1 heterocycles. The highest BCUT2D eigenvalue weighted by Gasteiger charge is 2.27. The van der Waals surface area contributed by atoms with E-state index in [0.717, 1.165) is 30.5 Å². The minimum atomic E-state index is 0.386. The van der Waals surface area contributed by atoms with Crippen molar-refractivity contribution < 1.29 is 0 Å². The third kappa shape index (κ3) is 4.84. The summed E-state index contributed by atoms with van der Waals surface area (Å²) < 4.78 is 0. The molecule has 1 aliphatic rings. The van der Waals surface area contributed by atoms with Gasteiger partial charge in [0.25, 0.3) is 0 Å². The SMILES string of the molecule is CCNc1cc(NC(CN(C)C)C(C)C)nc(C2CC2)n1. The molecule has 2 N–H and O–H groups in total. The van der Waals surface area contributed by atoms with Gasteiger partial charge in [-0.25, -0.2) is 9.97 Å². The Hall–Kier alpha value is -1.36. The molecule has 5 heteroatoms. The van der Waals surface area contributed by atoms with E-state index in [9.17, 15) is 0 Å². The van der Waals surface area contributed by atoms with Gasteiger partial charge in [-0.1, -0.05) is 13.8 Å². The van der Waals surface area contributed by atoms with Crippen LogP contribution in [0.4, 0.5) is 11.6 Å². The average Bonchev–Trinajstić information content (AvgIpc) is 3.21. The standard InChI is InChI=1S/C16H29N5/c1-6-17-14-9-15(20-16(19-14)12-7-8-12)18-13(11(2)3)10-21(4)5/h9,11-13H,6-8,10H2,1-5H3,(H2,17,18,19,20). The predicted octanol–water partition coefficient (Wildman–Crippen LogP) is 2.78. The lowest BCUT2D eigenvalue weighted by molar-refractivity contribution is 0.344. The topological polar surface area (TPSA) is 53.1 Å². The Labute approximate surface area is 128 Å². The van der Waals surface area contributed by atoms with Gasteiger partial charge in [-0.3, -0.25) is 0 Å². The number of likely N-dealkylation sites (N-methyl/N-ethyl adjacent to an activating group) is 1. The van der Waals surface area contributed by atoms with Crippen molar-refractivity contribution in [1.29, 1.82) is 0 Å². The van der Waals surface area contributed by atoms with Crippen LogP contribution < -0.4 is 10.6 Å². The smallest absolute Gasteiger partial charge is 0.136 e. The van der Waals surface area contributed by atoms with Crippen molar-refractivity contribution in [2.45, 2.75) is 45.6 Å². The molecule has 1 aliphatic carbocycles. The highest BCUT2D eigenvalue weighted by atomic mass is 15.1. The van der Waals surface area contributed by atoms with Crippen LogP contribution in [0.3, 0.4) is 0 Å². The molecule has 1 atom stereocenters. The third-order valence-corrected chi connectivity index (χ3v) is 3.74. The van der Waals surface area contributed by atoms with E-state index in [2.05, 4.69) is 55.4 Å². The zero-order valence-corrected chi connectivity index (χ0v) is 14.0. The number of anilines is 2. The van der Waals surface area contributed by atoms with E-state index in [1.54, 1.807) is 0 Å². The van der Waals surface area contributed by atoms with Crippen molar-refractivity contribution in [3.05, 3.63) is 11.9 Å². The van der Waals surface area contributed by atoms with Crippen LogP contribution in [-0.2, 0) is 0 Å². The van der Waals surface area contributed by atoms with E-state index in [1.807, 2.05) is 6.07 Å². The highest BCUT2D eigenvalue weighted by molar-refractivity contribution is 5.48. The van der Waals surface area contributed by atoms with Gasteiger partial charge in [-0.05, 0) is 39.8 Å². The molecule has 0 bridgehead atoms. The van der Waals surface area contributed by atoms with Crippen LogP contribution in [0.25, 0.3) is 0 Å². The lowest BCUT2D eigenvalue weighted by atomic mass is 10.0. The highest BCUT2D eigenvalue weighted by Crippen LogP contribution is 2.38. The minimum Gasteiger partial charge on any atom is -0.370 e. The number of hydrogen-bond donors (Lipinski definition) is 2. The molecule has 1 fully saturated rings. The number of hydrogen-bond acceptors (Lipinski definition) is 5. The van der Waals surface area contributed by atoms with Crippen LogP contribution in [0.2, 0.25) is 0 Å². The lowest BCUT2D eigenvalue weighted by Gasteiger charge is -2.26. The molecule has 0 radical (unpaired) electrons. The normalized spacial score (nSPS) is 16.3. The van der Waals surface area contributed by atoms with E-state index in [4.69, 9.17) is 4.98 Å². The first-order chi connectivity index (χ1) is 9.99. The van der Waals surface area contributed by atoms with Crippen LogP contribution in [0.1, 0.15) is 45.4 Å². The van der Waals surface area contributed by atoms with Gasteiger partial charge in [0, 0.05) is 31.1 Å². The summed E-state index contributed by atoms with van der Waals surface area (Å²) in [5, 5.41) is 6.91. The Morgan fingerprint density at radius 2 is 1.90 bits per heavy atom. The molecule has 21 heavy (non-hydrogen) atoms. The molecular formula is C16H29N5. The number of aromatic nitrogens is 2. The quantitative estimate of drug-likeness (QED) is 0.771. The number of nitrogens with one attached hydrogen (secondary N) is 2. The molecule has 1 aromatic rings. The summed E-state index contributed by atoms with van der Waals surface area (Å²) in [4.78, 5) is 11.6. The summed E-state index contributed by atoms with van der Waals surface area (Å²) in [5.74, 6) is 3.99. The molecule has 0 aromatic carbocycles. The molecule has 0 amide bonds. The monoisotopic (exact) mass is 291 g/mol. The van der Waals surface area contributed by atoms with Crippen molar-refractivity contribution in [1.82, 2.24) is 14.9 Å². The first-order valence-corrected chi connectivity index (χ1v) is 8.03. The zero-order chi connectivity index (χ0) is 15.4. The minimum absolute atomic E-state index is 0.386. The first kappa shape index (κ1) is 16.0. The van der Waals surface area contributed by atoms with E-state index >= 15 is 0 Å². The van der Waals surface area contributed by atoms with Crippen molar-refractivity contribution in [3.8, 4) is 0 Å². The third-order valence-electron chi connectivity index (χ3n) is 3.74. The fourth-order valence-electron chi connectivity index (χ4n) is 2.34. The second kappa shape index (κ2) is 7.07. The van der Waals surface area contributed by atoms with Crippen molar-refractivity contribution in [3.63, 3.8) is 0 Å². The van der Waals surface area contributed by atoms with Crippen LogP contribution in [0.5, 0.6) is 0 Å². The fraction of sp³-hybridized carbons (Fsp3) is 0.750. The molecule has 2 rings (SSSR count). The van der Waals surface area contributed by atoms with Gasteiger partial charge >= 0.3 is 0 Å². The zero-order valence-electron chi connectivity index (χ0n) is 14.0. The molecule has 0 aliphatic heterocycles. The van der Waals surface area contributed by atoms with Gasteiger partial charge in [0.2, 0.25) is 0 Å². The van der Waals surface area contributed by atoms with E-state index in [-0.39, 0.29) is 0 Å². The van der Waals surface area contributed by atoms with E-state index < -0.39 is 0 Å². The second-order valence-electron chi connectivity index (χ2n) is 6.56. The average molecular weight is 291 g/mol. The van der Waals surface area contributed by atoms with Crippen molar-refractivity contribution >= 4 is 11.6 Å². The summed E-state index contributed by atoms with van der Waals surface area (Å²) in [7, 11) is 4.22. The Kier molecular flexibility index (Phi) is 5.39. The van der Waals surface area contributed by atoms with Crippen molar-refractivity contribution in [2.75, 3.05) is 37.8 Å². The van der Waals surface area contributed by atoms with Crippen LogP contribution in [-0.4, -0.2) is 48.1 Å². The van der Waals surface area contributed by atoms with Crippen LogP contribution in [0.15, 0.2) is 6.07 Å². The predicted molar refractivity (Wildman–Crippen MR) is 89.0 cm³/mol. The maximum Gasteiger partial charge on any atom is 0.136 e. The number of nitrogens with zero attached hydrogens (tertiary/aromatic N) is 3. The summed E-state index contributed by atoms with van der Waals surface area (Å²) in [6, 6.07) is 2.41. The number of rotatable bonds is 8. The van der Waals surface area contributed by atoms with Gasteiger partial charge in [-0.2, -0.15) is 0 Å². The molecule has 1 unspecified atom stereocenters. The largest absolute Gasteiger partial charge is 0.370 e.